The molecule has 0 radical (unpaired) electrons. The molecule has 0 aliphatic heterocycles. The quantitative estimate of drug-likeness (QED) is 0.237. The Kier molecular flexibility index (Phi) is 8.65. The van der Waals surface area contributed by atoms with E-state index in [0.717, 1.165) is 5.56 Å². The summed E-state index contributed by atoms with van der Waals surface area (Å²) in [6, 6.07) is 17.3. The minimum atomic E-state index is -0.629. The lowest BCUT2D eigenvalue weighted by molar-refractivity contribution is -0.112. The largest absolute Gasteiger partial charge is 0.493 e. The standard InChI is InChI=1S/C24H16BrCl3N2O3/c1-32-22-10-14(9-18(25)23(22)33-13-15-4-2-3-5-19(15)27)8-16(12-29)24(31)30-21-11-17(26)6-7-20(21)28/h2-11H,13H2,1H3,(H,30,31)/b16-8+. The van der Waals surface area contributed by atoms with Gasteiger partial charge in [-0.1, -0.05) is 53.0 Å². The first-order chi connectivity index (χ1) is 15.8. The van der Waals surface area contributed by atoms with E-state index in [1.165, 1.54) is 19.3 Å². The zero-order chi connectivity index (χ0) is 24.0. The number of hydrogen-bond donors (Lipinski definition) is 1. The summed E-state index contributed by atoms with van der Waals surface area (Å²) in [4.78, 5) is 12.6. The number of halogens is 4. The third-order valence-corrected chi connectivity index (χ3v) is 5.96. The molecule has 0 unspecified atom stereocenters. The lowest BCUT2D eigenvalue weighted by atomic mass is 10.1. The predicted octanol–water partition coefficient (Wildman–Crippen LogP) is 7.54. The van der Waals surface area contributed by atoms with Crippen LogP contribution < -0.4 is 14.8 Å². The molecular formula is C24H16BrCl3N2O3. The number of benzene rings is 3. The Bertz CT molecular complexity index is 1270. The summed E-state index contributed by atoms with van der Waals surface area (Å²) in [5, 5.41) is 13.4. The van der Waals surface area contributed by atoms with Crippen LogP contribution in [0.4, 0.5) is 5.69 Å². The maximum Gasteiger partial charge on any atom is 0.266 e. The van der Waals surface area contributed by atoms with Crippen LogP contribution in [0.15, 0.2) is 64.6 Å². The second-order valence-corrected chi connectivity index (χ2v) is 8.77. The number of carbonyl (C=O) groups is 1. The highest BCUT2D eigenvalue weighted by Crippen LogP contribution is 2.38. The average Bonchev–Trinajstić information content (AvgIpc) is 2.79. The van der Waals surface area contributed by atoms with E-state index in [2.05, 4.69) is 21.2 Å². The van der Waals surface area contributed by atoms with Crippen LogP contribution in [0, 0.1) is 11.3 Å². The molecule has 9 heteroatoms. The Hall–Kier alpha value is -2.69. The van der Waals surface area contributed by atoms with Crippen molar-refractivity contribution in [2.24, 2.45) is 0 Å². The first kappa shape index (κ1) is 24.9. The summed E-state index contributed by atoms with van der Waals surface area (Å²) in [5.41, 5.74) is 1.54. The van der Waals surface area contributed by atoms with Gasteiger partial charge in [-0.15, -0.1) is 0 Å². The number of nitriles is 1. The van der Waals surface area contributed by atoms with Gasteiger partial charge in [0.05, 0.1) is 22.3 Å². The van der Waals surface area contributed by atoms with Crippen molar-refractivity contribution in [3.63, 3.8) is 0 Å². The summed E-state index contributed by atoms with van der Waals surface area (Å²) in [6.07, 6.45) is 1.43. The van der Waals surface area contributed by atoms with Crippen LogP contribution in [0.25, 0.3) is 6.08 Å². The second-order valence-electron chi connectivity index (χ2n) is 6.66. The molecule has 0 bridgehead atoms. The van der Waals surface area contributed by atoms with Crippen LogP contribution in [0.1, 0.15) is 11.1 Å². The number of rotatable bonds is 7. The molecule has 0 aromatic heterocycles. The van der Waals surface area contributed by atoms with Crippen molar-refractivity contribution in [1.82, 2.24) is 0 Å². The number of ether oxygens (including phenoxy) is 2. The zero-order valence-electron chi connectivity index (χ0n) is 17.2. The van der Waals surface area contributed by atoms with Gasteiger partial charge in [0.15, 0.2) is 11.5 Å². The predicted molar refractivity (Wildman–Crippen MR) is 135 cm³/mol. The van der Waals surface area contributed by atoms with Crippen molar-refractivity contribution in [2.75, 3.05) is 12.4 Å². The van der Waals surface area contributed by atoms with Crippen molar-refractivity contribution in [3.05, 3.63) is 90.8 Å². The number of amides is 1. The zero-order valence-corrected chi connectivity index (χ0v) is 21.0. The van der Waals surface area contributed by atoms with Gasteiger partial charge in [0.25, 0.3) is 5.91 Å². The second kappa shape index (κ2) is 11.4. The number of nitrogens with one attached hydrogen (secondary N) is 1. The van der Waals surface area contributed by atoms with Crippen LogP contribution in [0.3, 0.4) is 0 Å². The molecule has 0 saturated carbocycles. The molecule has 3 rings (SSSR count). The fourth-order valence-electron chi connectivity index (χ4n) is 2.83. The van der Waals surface area contributed by atoms with Crippen LogP contribution >= 0.6 is 50.7 Å². The molecule has 33 heavy (non-hydrogen) atoms. The molecular weight excluding hydrogens is 551 g/mol. The summed E-state index contributed by atoms with van der Waals surface area (Å²) in [7, 11) is 1.50. The van der Waals surface area contributed by atoms with E-state index in [0.29, 0.717) is 42.3 Å². The van der Waals surface area contributed by atoms with Gasteiger partial charge in [-0.2, -0.15) is 5.26 Å². The highest BCUT2D eigenvalue weighted by atomic mass is 79.9. The summed E-state index contributed by atoms with van der Waals surface area (Å²) in [5.74, 6) is 0.248. The Labute approximate surface area is 214 Å². The van der Waals surface area contributed by atoms with Crippen LogP contribution in [-0.4, -0.2) is 13.0 Å². The van der Waals surface area contributed by atoms with Crippen LogP contribution in [0.5, 0.6) is 11.5 Å². The van der Waals surface area contributed by atoms with Gasteiger partial charge in [0, 0.05) is 15.6 Å². The van der Waals surface area contributed by atoms with Gasteiger partial charge in [-0.25, -0.2) is 0 Å². The molecule has 3 aromatic carbocycles. The van der Waals surface area contributed by atoms with E-state index in [1.54, 1.807) is 30.3 Å². The number of anilines is 1. The van der Waals surface area contributed by atoms with Crippen molar-refractivity contribution >= 4 is 68.4 Å². The summed E-state index contributed by atoms with van der Waals surface area (Å²) in [6.45, 7) is 0.232. The molecule has 0 fully saturated rings. The number of hydrogen-bond acceptors (Lipinski definition) is 4. The Morgan fingerprint density at radius 2 is 1.88 bits per heavy atom. The molecule has 1 N–H and O–H groups in total. The number of nitrogens with zero attached hydrogens (tertiary/aromatic N) is 1. The van der Waals surface area contributed by atoms with Gasteiger partial charge >= 0.3 is 0 Å². The minimum Gasteiger partial charge on any atom is -0.493 e. The molecule has 1 amide bonds. The third-order valence-electron chi connectivity index (χ3n) is 4.43. The Morgan fingerprint density at radius 1 is 1.12 bits per heavy atom. The Balaban J connectivity index is 1.85. The van der Waals surface area contributed by atoms with E-state index in [4.69, 9.17) is 44.3 Å². The van der Waals surface area contributed by atoms with E-state index in [9.17, 15) is 10.1 Å². The number of methoxy groups -OCH3 is 1. The van der Waals surface area contributed by atoms with Crippen LogP contribution in [-0.2, 0) is 11.4 Å². The molecule has 0 saturated heterocycles. The van der Waals surface area contributed by atoms with E-state index in [-0.39, 0.29) is 12.2 Å². The third kappa shape index (κ3) is 6.43. The summed E-state index contributed by atoms with van der Waals surface area (Å²) >= 11 is 21.7. The minimum absolute atomic E-state index is 0.135. The van der Waals surface area contributed by atoms with Gasteiger partial charge < -0.3 is 14.8 Å². The van der Waals surface area contributed by atoms with Crippen molar-refractivity contribution in [1.29, 1.82) is 5.26 Å². The first-order valence-corrected chi connectivity index (χ1v) is 11.4. The highest BCUT2D eigenvalue weighted by molar-refractivity contribution is 9.10. The SMILES string of the molecule is COc1cc(/C=C(\C#N)C(=O)Nc2cc(Cl)ccc2Cl)cc(Br)c1OCc1ccccc1Cl. The maximum absolute atomic E-state index is 12.6. The normalized spacial score (nSPS) is 11.0. The van der Waals surface area contributed by atoms with Gasteiger partial charge in [-0.05, 0) is 64.0 Å². The lowest BCUT2D eigenvalue weighted by Crippen LogP contribution is -2.13. The average molecular weight is 567 g/mol. The smallest absolute Gasteiger partial charge is 0.266 e. The van der Waals surface area contributed by atoms with E-state index >= 15 is 0 Å². The molecule has 0 aliphatic carbocycles. The van der Waals surface area contributed by atoms with Crippen molar-refractivity contribution in [3.8, 4) is 17.6 Å². The van der Waals surface area contributed by atoms with Gasteiger partial charge in [0.2, 0.25) is 0 Å². The molecule has 3 aromatic rings. The van der Waals surface area contributed by atoms with Gasteiger partial charge in [0.1, 0.15) is 18.2 Å². The molecule has 0 atom stereocenters. The lowest BCUT2D eigenvalue weighted by Gasteiger charge is -2.14. The molecule has 168 valence electrons. The maximum atomic E-state index is 12.6. The highest BCUT2D eigenvalue weighted by Gasteiger charge is 2.15. The van der Waals surface area contributed by atoms with Crippen LogP contribution in [0.2, 0.25) is 15.1 Å². The molecule has 5 nitrogen and oxygen atoms in total. The van der Waals surface area contributed by atoms with Crippen molar-refractivity contribution < 1.29 is 14.3 Å². The van der Waals surface area contributed by atoms with E-state index in [1.807, 2.05) is 24.3 Å². The number of carbonyl (C=O) groups excluding carboxylic acids is 1. The molecule has 0 heterocycles. The Morgan fingerprint density at radius 3 is 2.58 bits per heavy atom. The monoisotopic (exact) mass is 564 g/mol. The first-order valence-electron chi connectivity index (χ1n) is 9.44. The summed E-state index contributed by atoms with van der Waals surface area (Å²) < 4.78 is 11.9. The van der Waals surface area contributed by atoms with Crippen molar-refractivity contribution in [2.45, 2.75) is 6.61 Å². The fraction of sp³-hybridized carbons (Fsp3) is 0.0833. The topological polar surface area (TPSA) is 71.3 Å². The molecule has 0 aliphatic rings. The van der Waals surface area contributed by atoms with E-state index < -0.39 is 5.91 Å². The fourth-order valence-corrected chi connectivity index (χ4v) is 3.93. The molecule has 0 spiro atoms. The van der Waals surface area contributed by atoms with Gasteiger partial charge in [-0.3, -0.25) is 4.79 Å².